The predicted octanol–water partition coefficient (Wildman–Crippen LogP) is 3.09. The fraction of sp³-hybridized carbons (Fsp3) is 0.588. The van der Waals surface area contributed by atoms with Crippen molar-refractivity contribution < 1.29 is 4.74 Å². The van der Waals surface area contributed by atoms with Crippen molar-refractivity contribution in [2.45, 2.75) is 38.0 Å². The monoisotopic (exact) mass is 323 g/mol. The van der Waals surface area contributed by atoms with E-state index in [2.05, 4.69) is 22.4 Å². The highest BCUT2D eigenvalue weighted by molar-refractivity contribution is 6.30. The first-order chi connectivity index (χ1) is 10.7. The SMILES string of the molecule is CCOCCCNC(N)=NCC1(c2ccc(Cl)cc2)CCC1. The summed E-state index contributed by atoms with van der Waals surface area (Å²) in [7, 11) is 0. The van der Waals surface area contributed by atoms with Crippen LogP contribution in [0.4, 0.5) is 0 Å². The lowest BCUT2D eigenvalue weighted by atomic mass is 9.64. The molecule has 122 valence electrons. The predicted molar refractivity (Wildman–Crippen MR) is 92.6 cm³/mol. The van der Waals surface area contributed by atoms with Crippen molar-refractivity contribution in [2.24, 2.45) is 10.7 Å². The lowest BCUT2D eigenvalue weighted by Gasteiger charge is -2.41. The van der Waals surface area contributed by atoms with Crippen molar-refractivity contribution >= 4 is 17.6 Å². The molecule has 2 rings (SSSR count). The van der Waals surface area contributed by atoms with Crippen LogP contribution in [0.15, 0.2) is 29.3 Å². The zero-order valence-electron chi connectivity index (χ0n) is 13.3. The molecule has 3 N–H and O–H groups in total. The second-order valence-electron chi connectivity index (χ2n) is 5.82. The van der Waals surface area contributed by atoms with E-state index in [1.807, 2.05) is 19.1 Å². The van der Waals surface area contributed by atoms with Gasteiger partial charge >= 0.3 is 0 Å². The Morgan fingerprint density at radius 3 is 2.68 bits per heavy atom. The second kappa shape index (κ2) is 8.39. The molecular formula is C17H26ClN3O. The van der Waals surface area contributed by atoms with Crippen LogP contribution in [0.3, 0.4) is 0 Å². The standard InChI is InChI=1S/C17H26ClN3O/c1-2-22-12-4-11-20-16(19)21-13-17(9-3-10-17)14-5-7-15(18)8-6-14/h5-8H,2-4,9-13H2,1H3,(H3,19,20,21). The lowest BCUT2D eigenvalue weighted by molar-refractivity contribution is 0.145. The molecule has 0 amide bonds. The van der Waals surface area contributed by atoms with E-state index >= 15 is 0 Å². The normalized spacial score (nSPS) is 17.1. The summed E-state index contributed by atoms with van der Waals surface area (Å²) in [6.45, 7) is 5.04. The van der Waals surface area contributed by atoms with Gasteiger partial charge < -0.3 is 15.8 Å². The summed E-state index contributed by atoms with van der Waals surface area (Å²) in [4.78, 5) is 4.54. The van der Waals surface area contributed by atoms with E-state index in [-0.39, 0.29) is 5.41 Å². The molecule has 1 aromatic carbocycles. The number of guanidine groups is 1. The Kier molecular flexibility index (Phi) is 6.52. The third kappa shape index (κ3) is 4.62. The van der Waals surface area contributed by atoms with Gasteiger partial charge in [-0.15, -0.1) is 0 Å². The molecule has 0 saturated heterocycles. The topological polar surface area (TPSA) is 59.6 Å². The molecule has 0 heterocycles. The Bertz CT molecular complexity index is 483. The minimum atomic E-state index is 0.141. The van der Waals surface area contributed by atoms with Crippen LogP contribution in [-0.2, 0) is 10.2 Å². The van der Waals surface area contributed by atoms with Gasteiger partial charge in [-0.05, 0) is 43.9 Å². The van der Waals surface area contributed by atoms with E-state index in [0.29, 0.717) is 5.96 Å². The molecule has 1 fully saturated rings. The Morgan fingerprint density at radius 1 is 1.36 bits per heavy atom. The minimum absolute atomic E-state index is 0.141. The van der Waals surface area contributed by atoms with Crippen molar-refractivity contribution in [3.05, 3.63) is 34.9 Å². The number of benzene rings is 1. The molecule has 0 aromatic heterocycles. The lowest BCUT2D eigenvalue weighted by Crippen LogP contribution is -2.40. The van der Waals surface area contributed by atoms with Crippen molar-refractivity contribution in [1.29, 1.82) is 0 Å². The van der Waals surface area contributed by atoms with Crippen LogP contribution in [-0.4, -0.2) is 32.3 Å². The molecule has 22 heavy (non-hydrogen) atoms. The van der Waals surface area contributed by atoms with E-state index < -0.39 is 0 Å². The van der Waals surface area contributed by atoms with E-state index in [1.54, 1.807) is 0 Å². The van der Waals surface area contributed by atoms with E-state index in [9.17, 15) is 0 Å². The van der Waals surface area contributed by atoms with Crippen LogP contribution in [0.5, 0.6) is 0 Å². The Morgan fingerprint density at radius 2 is 2.09 bits per heavy atom. The van der Waals surface area contributed by atoms with E-state index in [4.69, 9.17) is 22.1 Å². The molecule has 0 aliphatic heterocycles. The van der Waals surface area contributed by atoms with Crippen molar-refractivity contribution in [3.8, 4) is 0 Å². The Labute approximate surface area is 138 Å². The van der Waals surface area contributed by atoms with E-state index in [0.717, 1.165) is 50.6 Å². The molecule has 1 aromatic rings. The maximum Gasteiger partial charge on any atom is 0.188 e. The molecule has 5 heteroatoms. The highest BCUT2D eigenvalue weighted by Gasteiger charge is 2.38. The first-order valence-electron chi connectivity index (χ1n) is 8.04. The van der Waals surface area contributed by atoms with Gasteiger partial charge in [0.2, 0.25) is 0 Å². The number of aliphatic imine (C=N–C) groups is 1. The van der Waals surface area contributed by atoms with Gasteiger partial charge in [-0.3, -0.25) is 4.99 Å². The summed E-state index contributed by atoms with van der Waals surface area (Å²) in [5.41, 5.74) is 7.41. The summed E-state index contributed by atoms with van der Waals surface area (Å²) in [6, 6.07) is 8.14. The summed E-state index contributed by atoms with van der Waals surface area (Å²) in [5.74, 6) is 0.525. The van der Waals surface area contributed by atoms with Crippen LogP contribution in [0.25, 0.3) is 0 Å². The number of halogens is 1. The van der Waals surface area contributed by atoms with Crippen LogP contribution in [0.2, 0.25) is 5.02 Å². The van der Waals surface area contributed by atoms with Gasteiger partial charge in [0, 0.05) is 30.2 Å². The van der Waals surface area contributed by atoms with Crippen LogP contribution in [0.1, 0.15) is 38.2 Å². The van der Waals surface area contributed by atoms with E-state index in [1.165, 1.54) is 12.0 Å². The molecule has 0 atom stereocenters. The smallest absolute Gasteiger partial charge is 0.188 e. The highest BCUT2D eigenvalue weighted by atomic mass is 35.5. The molecule has 0 spiro atoms. The number of hydrogen-bond donors (Lipinski definition) is 2. The van der Waals surface area contributed by atoms with Crippen molar-refractivity contribution in [1.82, 2.24) is 5.32 Å². The van der Waals surface area contributed by atoms with Crippen molar-refractivity contribution in [2.75, 3.05) is 26.3 Å². The third-order valence-corrected chi connectivity index (χ3v) is 4.55. The molecule has 1 aliphatic carbocycles. The van der Waals surface area contributed by atoms with Crippen LogP contribution < -0.4 is 11.1 Å². The fourth-order valence-electron chi connectivity index (χ4n) is 2.77. The highest BCUT2D eigenvalue weighted by Crippen LogP contribution is 2.44. The summed E-state index contributed by atoms with van der Waals surface area (Å²) in [5, 5.41) is 3.92. The molecule has 4 nitrogen and oxygen atoms in total. The van der Waals surface area contributed by atoms with Gasteiger partial charge in [-0.1, -0.05) is 30.2 Å². The van der Waals surface area contributed by atoms with Gasteiger partial charge in [0.25, 0.3) is 0 Å². The Hall–Kier alpha value is -1.26. The van der Waals surface area contributed by atoms with Crippen molar-refractivity contribution in [3.63, 3.8) is 0 Å². The molecule has 0 bridgehead atoms. The fourth-order valence-corrected chi connectivity index (χ4v) is 2.90. The number of nitrogens with two attached hydrogens (primary N) is 1. The summed E-state index contributed by atoms with van der Waals surface area (Å²) in [6.07, 6.45) is 4.51. The average Bonchev–Trinajstić information content (AvgIpc) is 2.47. The third-order valence-electron chi connectivity index (χ3n) is 4.30. The zero-order chi connectivity index (χ0) is 15.8. The number of nitrogens with one attached hydrogen (secondary N) is 1. The van der Waals surface area contributed by atoms with Gasteiger partial charge in [0.15, 0.2) is 5.96 Å². The largest absolute Gasteiger partial charge is 0.382 e. The minimum Gasteiger partial charge on any atom is -0.382 e. The molecule has 1 aliphatic rings. The van der Waals surface area contributed by atoms with Gasteiger partial charge in [0.1, 0.15) is 0 Å². The van der Waals surface area contributed by atoms with Crippen LogP contribution >= 0.6 is 11.6 Å². The van der Waals surface area contributed by atoms with Gasteiger partial charge in [-0.2, -0.15) is 0 Å². The maximum atomic E-state index is 5.98. The molecule has 1 saturated carbocycles. The number of hydrogen-bond acceptors (Lipinski definition) is 2. The molecular weight excluding hydrogens is 298 g/mol. The van der Waals surface area contributed by atoms with Gasteiger partial charge in [0.05, 0.1) is 6.54 Å². The molecule has 0 unspecified atom stereocenters. The Balaban J connectivity index is 1.84. The summed E-state index contributed by atoms with van der Waals surface area (Å²) >= 11 is 5.98. The zero-order valence-corrected chi connectivity index (χ0v) is 14.0. The average molecular weight is 324 g/mol. The maximum absolute atomic E-state index is 5.98. The first-order valence-corrected chi connectivity index (χ1v) is 8.42. The number of rotatable bonds is 8. The number of nitrogens with zero attached hydrogens (tertiary/aromatic N) is 1. The number of ether oxygens (including phenoxy) is 1. The van der Waals surface area contributed by atoms with Gasteiger partial charge in [-0.25, -0.2) is 0 Å². The summed E-state index contributed by atoms with van der Waals surface area (Å²) < 4.78 is 5.29. The molecule has 0 radical (unpaired) electrons. The van der Waals surface area contributed by atoms with Crippen LogP contribution in [0, 0.1) is 0 Å². The quantitative estimate of drug-likeness (QED) is 0.439. The second-order valence-corrected chi connectivity index (χ2v) is 6.26. The first kappa shape index (κ1) is 17.1.